The summed E-state index contributed by atoms with van der Waals surface area (Å²) in [5.74, 6) is 1.57. The van der Waals surface area contributed by atoms with Crippen molar-refractivity contribution in [3.05, 3.63) is 65.7 Å². The molecule has 6 heteroatoms. The highest BCUT2D eigenvalue weighted by Crippen LogP contribution is 2.47. The molecule has 0 spiro atoms. The molecular formula is C23H26N2O3S. The van der Waals surface area contributed by atoms with E-state index < -0.39 is 0 Å². The smallest absolute Gasteiger partial charge is 0.243 e. The minimum Gasteiger partial charge on any atom is -0.489 e. The molecule has 1 N–H and O–H groups in total. The van der Waals surface area contributed by atoms with Crippen LogP contribution in [0.5, 0.6) is 5.75 Å². The number of nitrogens with zero attached hydrogens (tertiary/aromatic N) is 1. The van der Waals surface area contributed by atoms with Gasteiger partial charge in [0.15, 0.2) is 0 Å². The van der Waals surface area contributed by atoms with E-state index in [4.69, 9.17) is 4.74 Å². The third-order valence-electron chi connectivity index (χ3n) is 5.63. The number of hydrogen-bond acceptors (Lipinski definition) is 4. The van der Waals surface area contributed by atoms with E-state index in [0.717, 1.165) is 29.7 Å². The molecular weight excluding hydrogens is 384 g/mol. The van der Waals surface area contributed by atoms with Gasteiger partial charge >= 0.3 is 0 Å². The summed E-state index contributed by atoms with van der Waals surface area (Å²) in [6.07, 6.45) is 2.13. The first-order valence-corrected chi connectivity index (χ1v) is 11.0. The summed E-state index contributed by atoms with van der Waals surface area (Å²) < 4.78 is 5.81. The number of rotatable bonds is 7. The summed E-state index contributed by atoms with van der Waals surface area (Å²) in [7, 11) is 0. The fraction of sp³-hybridized carbons (Fsp3) is 0.391. The third-order valence-corrected chi connectivity index (χ3v) is 7.14. The van der Waals surface area contributed by atoms with Crippen molar-refractivity contribution >= 4 is 23.6 Å². The van der Waals surface area contributed by atoms with Gasteiger partial charge in [-0.15, -0.1) is 11.8 Å². The maximum Gasteiger partial charge on any atom is 0.243 e. The van der Waals surface area contributed by atoms with Crippen LogP contribution in [0.1, 0.15) is 30.9 Å². The molecule has 0 unspecified atom stereocenters. The number of hydrogen-bond donors (Lipinski definition) is 1. The lowest BCUT2D eigenvalue weighted by Gasteiger charge is -2.29. The standard InChI is InChI=1S/C23H26N2O3S/c1-23-13-11-21(26)25(23)20(16-29-23)22(27)24-14-12-17-7-9-19(10-8-17)28-15-18-5-3-2-4-6-18/h2-10,20H,11-16H2,1H3,(H,24,27)/t20-,23+/m0/s1. The zero-order valence-corrected chi connectivity index (χ0v) is 17.4. The van der Waals surface area contributed by atoms with Gasteiger partial charge in [-0.2, -0.15) is 0 Å². The summed E-state index contributed by atoms with van der Waals surface area (Å²) in [4.78, 5) is 26.4. The van der Waals surface area contributed by atoms with Crippen LogP contribution in [0.3, 0.4) is 0 Å². The molecule has 152 valence electrons. The number of carbonyl (C=O) groups excluding carboxylic acids is 2. The maximum absolute atomic E-state index is 12.6. The van der Waals surface area contributed by atoms with Gasteiger partial charge in [0.05, 0.1) is 4.87 Å². The van der Waals surface area contributed by atoms with Crippen molar-refractivity contribution in [2.45, 2.75) is 43.7 Å². The van der Waals surface area contributed by atoms with Crippen LogP contribution in [0.4, 0.5) is 0 Å². The first kappa shape index (κ1) is 19.8. The highest BCUT2D eigenvalue weighted by Gasteiger charge is 2.52. The Hall–Kier alpha value is -2.47. The van der Waals surface area contributed by atoms with Crippen LogP contribution in [0.15, 0.2) is 54.6 Å². The quantitative estimate of drug-likeness (QED) is 0.760. The molecule has 5 nitrogen and oxygen atoms in total. The van der Waals surface area contributed by atoms with E-state index in [9.17, 15) is 9.59 Å². The second-order valence-electron chi connectivity index (χ2n) is 7.72. The predicted octanol–water partition coefficient (Wildman–Crippen LogP) is 3.38. The van der Waals surface area contributed by atoms with E-state index in [-0.39, 0.29) is 22.7 Å². The molecule has 2 atom stereocenters. The van der Waals surface area contributed by atoms with Crippen molar-refractivity contribution < 1.29 is 14.3 Å². The lowest BCUT2D eigenvalue weighted by atomic mass is 10.1. The summed E-state index contributed by atoms with van der Waals surface area (Å²) in [6, 6.07) is 17.7. The highest BCUT2D eigenvalue weighted by molar-refractivity contribution is 8.01. The molecule has 2 saturated heterocycles. The predicted molar refractivity (Wildman–Crippen MR) is 115 cm³/mol. The second kappa shape index (κ2) is 8.49. The summed E-state index contributed by atoms with van der Waals surface area (Å²) in [6.45, 7) is 3.17. The van der Waals surface area contributed by atoms with Gasteiger partial charge < -0.3 is 15.0 Å². The Bertz CT molecular complexity index is 871. The topological polar surface area (TPSA) is 58.6 Å². The molecule has 0 bridgehead atoms. The number of thioether (sulfide) groups is 1. The number of amides is 2. The number of ether oxygens (including phenoxy) is 1. The molecule has 2 aliphatic heterocycles. The minimum absolute atomic E-state index is 0.0423. The SMILES string of the molecule is C[C@@]12CCC(=O)N1[C@H](C(=O)NCCc1ccc(OCc3ccccc3)cc1)CS2. The van der Waals surface area contributed by atoms with Crippen molar-refractivity contribution in [2.24, 2.45) is 0 Å². The molecule has 2 aliphatic rings. The van der Waals surface area contributed by atoms with Gasteiger partial charge in [0, 0.05) is 18.7 Å². The van der Waals surface area contributed by atoms with Gasteiger partial charge in [0.2, 0.25) is 11.8 Å². The zero-order valence-electron chi connectivity index (χ0n) is 16.6. The number of carbonyl (C=O) groups is 2. The molecule has 4 rings (SSSR count). The number of fused-ring (bicyclic) bond motifs is 1. The van der Waals surface area contributed by atoms with Crippen molar-refractivity contribution in [3.8, 4) is 5.75 Å². The zero-order chi connectivity index (χ0) is 20.3. The first-order valence-electron chi connectivity index (χ1n) is 10.0. The van der Waals surface area contributed by atoms with E-state index in [1.807, 2.05) is 54.6 Å². The molecule has 0 saturated carbocycles. The van der Waals surface area contributed by atoms with Crippen LogP contribution >= 0.6 is 11.8 Å². The van der Waals surface area contributed by atoms with Crippen molar-refractivity contribution in [1.82, 2.24) is 10.2 Å². The molecule has 2 aromatic rings. The van der Waals surface area contributed by atoms with Crippen molar-refractivity contribution in [2.75, 3.05) is 12.3 Å². The average molecular weight is 411 g/mol. The van der Waals surface area contributed by atoms with Gasteiger partial charge in [-0.3, -0.25) is 9.59 Å². The molecule has 2 fully saturated rings. The van der Waals surface area contributed by atoms with Crippen molar-refractivity contribution in [1.29, 1.82) is 0 Å². The number of benzene rings is 2. The average Bonchev–Trinajstić information content (AvgIpc) is 3.24. The fourth-order valence-electron chi connectivity index (χ4n) is 3.96. The Labute approximate surface area is 175 Å². The van der Waals surface area contributed by atoms with E-state index in [0.29, 0.717) is 25.3 Å². The summed E-state index contributed by atoms with van der Waals surface area (Å²) >= 11 is 1.72. The van der Waals surface area contributed by atoms with Crippen LogP contribution in [0.25, 0.3) is 0 Å². The molecule has 0 aliphatic carbocycles. The van der Waals surface area contributed by atoms with E-state index >= 15 is 0 Å². The van der Waals surface area contributed by atoms with E-state index in [1.165, 1.54) is 0 Å². The van der Waals surface area contributed by atoms with E-state index in [1.54, 1.807) is 16.7 Å². The van der Waals surface area contributed by atoms with Gasteiger partial charge in [-0.25, -0.2) is 0 Å². The van der Waals surface area contributed by atoms with Crippen LogP contribution in [0, 0.1) is 0 Å². The van der Waals surface area contributed by atoms with Gasteiger partial charge in [-0.05, 0) is 43.0 Å². The van der Waals surface area contributed by atoms with Crippen LogP contribution in [-0.2, 0) is 22.6 Å². The van der Waals surface area contributed by atoms with E-state index in [2.05, 4.69) is 12.2 Å². The van der Waals surface area contributed by atoms with Gasteiger partial charge in [0.25, 0.3) is 0 Å². The third kappa shape index (κ3) is 4.42. The molecule has 29 heavy (non-hydrogen) atoms. The first-order chi connectivity index (χ1) is 14.0. The lowest BCUT2D eigenvalue weighted by Crippen LogP contribution is -2.50. The van der Waals surface area contributed by atoms with Gasteiger partial charge in [-0.1, -0.05) is 42.5 Å². The van der Waals surface area contributed by atoms with Crippen LogP contribution in [-0.4, -0.2) is 39.9 Å². The van der Waals surface area contributed by atoms with Gasteiger partial charge in [0.1, 0.15) is 18.4 Å². The Morgan fingerprint density at radius 1 is 1.17 bits per heavy atom. The normalized spacial score (nSPS) is 23.1. The lowest BCUT2D eigenvalue weighted by molar-refractivity contribution is -0.137. The molecule has 0 aromatic heterocycles. The van der Waals surface area contributed by atoms with Crippen LogP contribution in [0.2, 0.25) is 0 Å². The summed E-state index contributed by atoms with van der Waals surface area (Å²) in [5, 5.41) is 3.01. The summed E-state index contributed by atoms with van der Waals surface area (Å²) in [5.41, 5.74) is 2.28. The molecule has 2 aromatic carbocycles. The minimum atomic E-state index is -0.339. The fourth-order valence-corrected chi connectivity index (χ4v) is 5.39. The Morgan fingerprint density at radius 3 is 2.69 bits per heavy atom. The molecule has 2 amide bonds. The maximum atomic E-state index is 12.6. The second-order valence-corrected chi connectivity index (χ2v) is 9.23. The van der Waals surface area contributed by atoms with Crippen molar-refractivity contribution in [3.63, 3.8) is 0 Å². The Balaban J connectivity index is 1.23. The Kier molecular flexibility index (Phi) is 5.81. The van der Waals surface area contributed by atoms with Crippen LogP contribution < -0.4 is 10.1 Å². The monoisotopic (exact) mass is 410 g/mol. The highest BCUT2D eigenvalue weighted by atomic mass is 32.2. The number of nitrogens with one attached hydrogen (secondary N) is 1. The Morgan fingerprint density at radius 2 is 1.93 bits per heavy atom. The molecule has 0 radical (unpaired) electrons. The molecule has 2 heterocycles. The largest absolute Gasteiger partial charge is 0.489 e.